The Hall–Kier alpha value is -0.950. The zero-order chi connectivity index (χ0) is 11.9. The van der Waals surface area contributed by atoms with E-state index in [1.165, 1.54) is 10.5 Å². The van der Waals surface area contributed by atoms with Crippen molar-refractivity contribution < 1.29 is 22.4 Å². The summed E-state index contributed by atoms with van der Waals surface area (Å²) in [6, 6.07) is 10.5. The van der Waals surface area contributed by atoms with E-state index in [1.807, 2.05) is 0 Å². The first-order chi connectivity index (χ1) is 6.79. The summed E-state index contributed by atoms with van der Waals surface area (Å²) in [4.78, 5) is 1.46. The van der Waals surface area contributed by atoms with Gasteiger partial charge in [-0.05, 0) is 0 Å². The predicted molar refractivity (Wildman–Crippen MR) is 55.3 cm³/mol. The third-order valence-corrected chi connectivity index (χ3v) is 1.40. The molecule has 0 heterocycles. The van der Waals surface area contributed by atoms with Gasteiger partial charge in [0.1, 0.15) is 6.54 Å². The van der Waals surface area contributed by atoms with Crippen molar-refractivity contribution in [3.63, 3.8) is 0 Å². The standard InChI is InChI=1S/C9H13N.H2O4S/c1-10(2)8-9-6-4-3-5-7-9;1-5(2,3)4/h3-7H,8H2,1-2H3;(H2,1,2,3,4). The summed E-state index contributed by atoms with van der Waals surface area (Å²) in [5, 5.41) is 0. The van der Waals surface area contributed by atoms with E-state index in [-0.39, 0.29) is 0 Å². The minimum atomic E-state index is -4.92. The van der Waals surface area contributed by atoms with Crippen LogP contribution < -0.4 is 4.90 Å². The second kappa shape index (κ2) is 6.52. The second-order valence-electron chi connectivity index (χ2n) is 3.30. The Kier molecular flexibility index (Phi) is 6.11. The molecule has 0 saturated heterocycles. The van der Waals surface area contributed by atoms with Crippen LogP contribution in [0.5, 0.6) is 0 Å². The topological polar surface area (TPSA) is 81.9 Å². The van der Waals surface area contributed by atoms with Crippen LogP contribution in [0.25, 0.3) is 0 Å². The van der Waals surface area contributed by atoms with Crippen LogP contribution in [0, 0.1) is 0 Å². The zero-order valence-corrected chi connectivity index (χ0v) is 9.49. The molecule has 0 aliphatic rings. The quantitative estimate of drug-likeness (QED) is 0.524. The lowest BCUT2D eigenvalue weighted by Gasteiger charge is -2.05. The van der Waals surface area contributed by atoms with Gasteiger partial charge in [-0.2, -0.15) is 0 Å². The smallest absolute Gasteiger partial charge is 0.215 e. The molecular weight excluding hydrogens is 218 g/mol. The van der Waals surface area contributed by atoms with Crippen LogP contribution in [0.1, 0.15) is 5.56 Å². The first-order valence-corrected chi connectivity index (χ1v) is 5.67. The van der Waals surface area contributed by atoms with Crippen molar-refractivity contribution in [3.8, 4) is 0 Å². The third-order valence-electron chi connectivity index (χ3n) is 1.40. The molecule has 86 valence electrons. The van der Waals surface area contributed by atoms with Crippen LogP contribution in [0.4, 0.5) is 0 Å². The van der Waals surface area contributed by atoms with Gasteiger partial charge in [0, 0.05) is 5.56 Å². The number of benzene rings is 1. The summed E-state index contributed by atoms with van der Waals surface area (Å²) < 4.78 is 32.8. The van der Waals surface area contributed by atoms with E-state index >= 15 is 0 Å². The van der Waals surface area contributed by atoms with Gasteiger partial charge in [-0.1, -0.05) is 30.3 Å². The highest BCUT2D eigenvalue weighted by atomic mass is 32.3. The number of quaternary nitrogens is 1. The summed E-state index contributed by atoms with van der Waals surface area (Å²) in [7, 11) is -0.597. The van der Waals surface area contributed by atoms with Crippen molar-refractivity contribution >= 4 is 10.4 Å². The van der Waals surface area contributed by atoms with Gasteiger partial charge in [-0.25, -0.2) is 8.42 Å². The highest BCUT2D eigenvalue weighted by Crippen LogP contribution is 1.94. The number of hydrogen-bond acceptors (Lipinski definition) is 3. The van der Waals surface area contributed by atoms with Crippen LogP contribution in [0.15, 0.2) is 30.3 Å². The normalized spacial score (nSPS) is 10.7. The molecule has 6 heteroatoms. The summed E-state index contributed by atoms with van der Waals surface area (Å²) in [6.45, 7) is 1.11. The van der Waals surface area contributed by atoms with Crippen molar-refractivity contribution in [2.45, 2.75) is 6.54 Å². The van der Waals surface area contributed by atoms with Gasteiger partial charge in [0.15, 0.2) is 0 Å². The molecule has 0 radical (unpaired) electrons. The molecule has 0 aliphatic carbocycles. The summed E-state index contributed by atoms with van der Waals surface area (Å²) in [6.07, 6.45) is 0. The summed E-state index contributed by atoms with van der Waals surface area (Å²) >= 11 is 0. The zero-order valence-electron chi connectivity index (χ0n) is 8.67. The van der Waals surface area contributed by atoms with Gasteiger partial charge >= 0.3 is 0 Å². The van der Waals surface area contributed by atoms with Gasteiger partial charge in [-0.15, -0.1) is 0 Å². The Balaban J connectivity index is 0.000000336. The lowest BCUT2D eigenvalue weighted by Crippen LogP contribution is -3.04. The van der Waals surface area contributed by atoms with E-state index in [2.05, 4.69) is 44.4 Å². The fourth-order valence-corrected chi connectivity index (χ4v) is 1.00. The molecule has 0 atom stereocenters. The van der Waals surface area contributed by atoms with Gasteiger partial charge in [0.05, 0.1) is 14.1 Å². The highest BCUT2D eigenvalue weighted by molar-refractivity contribution is 7.79. The van der Waals surface area contributed by atoms with Crippen LogP contribution in [-0.2, 0) is 16.9 Å². The largest absolute Gasteiger partial charge is 0.726 e. The maximum Gasteiger partial charge on any atom is 0.215 e. The Morgan fingerprint density at radius 1 is 1.27 bits per heavy atom. The minimum absolute atomic E-state index is 1.11. The van der Waals surface area contributed by atoms with E-state index in [9.17, 15) is 0 Å². The van der Waals surface area contributed by atoms with Crippen molar-refractivity contribution in [2.75, 3.05) is 14.1 Å². The van der Waals surface area contributed by atoms with Crippen LogP contribution >= 0.6 is 0 Å². The van der Waals surface area contributed by atoms with Gasteiger partial charge in [-0.3, -0.25) is 4.55 Å². The van der Waals surface area contributed by atoms with E-state index in [4.69, 9.17) is 17.5 Å². The SMILES string of the molecule is C[NH+](C)Cc1ccccc1.O=S(=O)([O-])O. The molecule has 1 aromatic rings. The Morgan fingerprint density at radius 2 is 1.67 bits per heavy atom. The van der Waals surface area contributed by atoms with E-state index in [1.54, 1.807) is 0 Å². The number of rotatable bonds is 2. The lowest BCUT2D eigenvalue weighted by molar-refractivity contribution is -0.872. The van der Waals surface area contributed by atoms with Crippen LogP contribution in [-0.4, -0.2) is 31.6 Å². The maximum absolute atomic E-state index is 8.63. The highest BCUT2D eigenvalue weighted by Gasteiger charge is 1.93. The molecule has 0 bridgehead atoms. The molecular formula is C9H15NO4S. The monoisotopic (exact) mass is 233 g/mol. The molecule has 1 aromatic carbocycles. The van der Waals surface area contributed by atoms with E-state index < -0.39 is 10.4 Å². The molecule has 0 spiro atoms. The third kappa shape index (κ3) is 13.1. The van der Waals surface area contributed by atoms with Crippen LogP contribution in [0.3, 0.4) is 0 Å². The molecule has 2 N–H and O–H groups in total. The average molecular weight is 233 g/mol. The molecule has 0 aromatic heterocycles. The molecule has 1 rings (SSSR count). The minimum Gasteiger partial charge on any atom is -0.726 e. The molecule has 5 nitrogen and oxygen atoms in total. The van der Waals surface area contributed by atoms with Gasteiger partial charge in [0.2, 0.25) is 10.4 Å². The van der Waals surface area contributed by atoms with E-state index in [0.717, 1.165) is 6.54 Å². The molecule has 0 unspecified atom stereocenters. The van der Waals surface area contributed by atoms with Crippen LogP contribution in [0.2, 0.25) is 0 Å². The van der Waals surface area contributed by atoms with Crippen molar-refractivity contribution in [1.29, 1.82) is 0 Å². The van der Waals surface area contributed by atoms with Crippen molar-refractivity contribution in [3.05, 3.63) is 35.9 Å². The molecule has 0 amide bonds. The molecule has 15 heavy (non-hydrogen) atoms. The summed E-state index contributed by atoms with van der Waals surface area (Å²) in [5.41, 5.74) is 1.41. The predicted octanol–water partition coefficient (Wildman–Crippen LogP) is -0.664. The van der Waals surface area contributed by atoms with Crippen molar-refractivity contribution in [2.24, 2.45) is 0 Å². The second-order valence-corrected chi connectivity index (χ2v) is 4.15. The number of hydrogen-bond donors (Lipinski definition) is 2. The van der Waals surface area contributed by atoms with Gasteiger partial charge in [0.25, 0.3) is 0 Å². The Bertz CT molecular complexity index is 353. The molecule has 0 fully saturated rings. The summed E-state index contributed by atoms with van der Waals surface area (Å²) in [5.74, 6) is 0. The van der Waals surface area contributed by atoms with Crippen molar-refractivity contribution in [1.82, 2.24) is 0 Å². The van der Waals surface area contributed by atoms with Gasteiger partial charge < -0.3 is 9.45 Å². The average Bonchev–Trinajstić information content (AvgIpc) is 2.01. The fraction of sp³-hybridized carbons (Fsp3) is 0.333. The Morgan fingerprint density at radius 3 is 2.00 bits per heavy atom. The first kappa shape index (κ1) is 14.1. The van der Waals surface area contributed by atoms with E-state index in [0.29, 0.717) is 0 Å². The lowest BCUT2D eigenvalue weighted by atomic mass is 10.2. The molecule has 0 aliphatic heterocycles. The first-order valence-electron chi connectivity index (χ1n) is 4.30. The fourth-order valence-electron chi connectivity index (χ4n) is 1.00. The Labute approximate surface area is 89.9 Å². The molecule has 0 saturated carbocycles. The number of nitrogens with one attached hydrogen (secondary N) is 1. The maximum atomic E-state index is 8.63.